The molecule has 1 aliphatic heterocycles. The van der Waals surface area contributed by atoms with Gasteiger partial charge in [0.05, 0.1) is 11.9 Å². The monoisotopic (exact) mass is 292 g/mol. The quantitative estimate of drug-likeness (QED) is 0.896. The van der Waals surface area contributed by atoms with Crippen molar-refractivity contribution in [3.8, 4) is 0 Å². The van der Waals surface area contributed by atoms with Crippen molar-refractivity contribution in [2.24, 2.45) is 12.8 Å². The summed E-state index contributed by atoms with van der Waals surface area (Å²) in [5.41, 5.74) is 7.59. The van der Waals surface area contributed by atoms with Crippen molar-refractivity contribution in [2.45, 2.75) is 17.5 Å². The van der Waals surface area contributed by atoms with E-state index < -0.39 is 10.0 Å². The fraction of sp³-hybridized carbons (Fsp3) is 0.308. The van der Waals surface area contributed by atoms with Gasteiger partial charge in [-0.25, -0.2) is 0 Å². The molecule has 2 N–H and O–H groups in total. The highest BCUT2D eigenvalue weighted by molar-refractivity contribution is 7.92. The highest BCUT2D eigenvalue weighted by Gasteiger charge is 2.33. The van der Waals surface area contributed by atoms with Crippen LogP contribution in [0.3, 0.4) is 0 Å². The van der Waals surface area contributed by atoms with Crippen molar-refractivity contribution in [1.82, 2.24) is 9.78 Å². The van der Waals surface area contributed by atoms with E-state index in [-0.39, 0.29) is 11.1 Å². The Morgan fingerprint density at radius 2 is 2.05 bits per heavy atom. The minimum Gasteiger partial charge on any atom is -0.324 e. The number of rotatable bonds is 2. The largest absolute Gasteiger partial charge is 0.324 e. The maximum absolute atomic E-state index is 12.8. The first-order valence-corrected chi connectivity index (χ1v) is 7.81. The summed E-state index contributed by atoms with van der Waals surface area (Å²) < 4.78 is 28.3. The zero-order valence-corrected chi connectivity index (χ0v) is 11.9. The predicted octanol–water partition coefficient (Wildman–Crippen LogP) is 1.02. The van der Waals surface area contributed by atoms with Crippen LogP contribution in [-0.2, 0) is 17.1 Å². The maximum Gasteiger partial charge on any atom is 0.281 e. The summed E-state index contributed by atoms with van der Waals surface area (Å²) in [5, 5.41) is 4.12. The van der Waals surface area contributed by atoms with Gasteiger partial charge < -0.3 is 5.73 Å². The summed E-state index contributed by atoms with van der Waals surface area (Å²) in [7, 11) is -1.99. The Morgan fingerprint density at radius 1 is 1.30 bits per heavy atom. The number of hydrogen-bond donors (Lipinski definition) is 1. The normalized spacial score (nSPS) is 18.9. The fourth-order valence-electron chi connectivity index (χ4n) is 2.54. The molecule has 0 radical (unpaired) electrons. The molecule has 2 aromatic rings. The summed E-state index contributed by atoms with van der Waals surface area (Å²) in [6.07, 6.45) is 2.09. The number of aryl methyl sites for hydroxylation is 1. The molecule has 106 valence electrons. The molecule has 2 heterocycles. The molecule has 0 fully saturated rings. The van der Waals surface area contributed by atoms with Gasteiger partial charge in [-0.05, 0) is 24.1 Å². The molecular formula is C13H16N4O2S. The van der Waals surface area contributed by atoms with Gasteiger partial charge in [-0.2, -0.15) is 13.5 Å². The average molecular weight is 292 g/mol. The van der Waals surface area contributed by atoms with E-state index in [0.717, 1.165) is 5.56 Å². The second-order valence-electron chi connectivity index (χ2n) is 4.82. The summed E-state index contributed by atoms with van der Waals surface area (Å²) in [6.45, 7) is 0.381. The molecule has 0 spiro atoms. The Kier molecular flexibility index (Phi) is 3.02. The van der Waals surface area contributed by atoms with Gasteiger partial charge in [0.15, 0.2) is 5.03 Å². The van der Waals surface area contributed by atoms with Gasteiger partial charge >= 0.3 is 0 Å². The van der Waals surface area contributed by atoms with Crippen LogP contribution in [0.4, 0.5) is 5.69 Å². The van der Waals surface area contributed by atoms with E-state index in [1.165, 1.54) is 21.3 Å². The van der Waals surface area contributed by atoms with E-state index in [1.807, 2.05) is 18.2 Å². The van der Waals surface area contributed by atoms with Crippen LogP contribution in [0.5, 0.6) is 0 Å². The molecular weight excluding hydrogens is 276 g/mol. The predicted molar refractivity (Wildman–Crippen MR) is 75.7 cm³/mol. The second kappa shape index (κ2) is 4.60. The Hall–Kier alpha value is -1.86. The van der Waals surface area contributed by atoms with Crippen LogP contribution < -0.4 is 10.0 Å². The number of benzene rings is 1. The standard InChI is InChI=1S/C13H16N4O2S/c1-16-13(6-8-15-16)20(18,19)17-9-7-11(14)10-4-2-3-5-12(10)17/h2-6,8,11H,7,9,14H2,1H3. The van der Waals surface area contributed by atoms with E-state index >= 15 is 0 Å². The number of fused-ring (bicyclic) bond motifs is 1. The molecule has 6 nitrogen and oxygen atoms in total. The maximum atomic E-state index is 12.8. The van der Waals surface area contributed by atoms with Crippen LogP contribution in [-0.4, -0.2) is 24.7 Å². The Balaban J connectivity index is 2.13. The van der Waals surface area contributed by atoms with Gasteiger partial charge in [-0.3, -0.25) is 8.99 Å². The first-order valence-electron chi connectivity index (χ1n) is 6.37. The van der Waals surface area contributed by atoms with Crippen LogP contribution >= 0.6 is 0 Å². The molecule has 0 saturated heterocycles. The Labute approximate surface area is 117 Å². The fourth-order valence-corrected chi connectivity index (χ4v) is 4.15. The van der Waals surface area contributed by atoms with E-state index in [1.54, 1.807) is 13.1 Å². The molecule has 3 rings (SSSR count). The summed E-state index contributed by atoms with van der Waals surface area (Å²) in [6, 6.07) is 8.76. The van der Waals surface area contributed by atoms with Crippen LogP contribution in [0.2, 0.25) is 0 Å². The smallest absolute Gasteiger partial charge is 0.281 e. The Morgan fingerprint density at radius 3 is 2.75 bits per heavy atom. The van der Waals surface area contributed by atoms with Gasteiger partial charge in [-0.1, -0.05) is 18.2 Å². The zero-order valence-electron chi connectivity index (χ0n) is 11.1. The lowest BCUT2D eigenvalue weighted by molar-refractivity contribution is 0.559. The van der Waals surface area contributed by atoms with Crippen molar-refractivity contribution in [2.75, 3.05) is 10.8 Å². The zero-order chi connectivity index (χ0) is 14.3. The summed E-state index contributed by atoms with van der Waals surface area (Å²) in [5.74, 6) is 0. The number of para-hydroxylation sites is 1. The van der Waals surface area contributed by atoms with Crippen molar-refractivity contribution >= 4 is 15.7 Å². The van der Waals surface area contributed by atoms with Gasteiger partial charge in [-0.15, -0.1) is 0 Å². The molecule has 1 atom stereocenters. The van der Waals surface area contributed by atoms with E-state index in [2.05, 4.69) is 5.10 Å². The number of aromatic nitrogens is 2. The Bertz CT molecular complexity index is 738. The second-order valence-corrected chi connectivity index (χ2v) is 6.63. The first-order chi connectivity index (χ1) is 9.51. The van der Waals surface area contributed by atoms with Gasteiger partial charge in [0.2, 0.25) is 0 Å². The third-order valence-electron chi connectivity index (χ3n) is 3.58. The van der Waals surface area contributed by atoms with Gasteiger partial charge in [0, 0.05) is 19.6 Å². The van der Waals surface area contributed by atoms with Crippen LogP contribution in [0, 0.1) is 0 Å². The molecule has 0 saturated carbocycles. The highest BCUT2D eigenvalue weighted by Crippen LogP contribution is 2.35. The molecule has 0 bridgehead atoms. The topological polar surface area (TPSA) is 81.2 Å². The van der Waals surface area contributed by atoms with Gasteiger partial charge in [0.25, 0.3) is 10.0 Å². The van der Waals surface area contributed by atoms with Crippen LogP contribution in [0.1, 0.15) is 18.0 Å². The third kappa shape index (κ3) is 1.90. The van der Waals surface area contributed by atoms with E-state index in [4.69, 9.17) is 5.73 Å². The lowest BCUT2D eigenvalue weighted by atomic mass is 9.99. The number of sulfonamides is 1. The summed E-state index contributed by atoms with van der Waals surface area (Å²) >= 11 is 0. The molecule has 1 aliphatic rings. The van der Waals surface area contributed by atoms with E-state index in [9.17, 15) is 8.42 Å². The minimum atomic E-state index is -3.61. The molecule has 1 unspecified atom stereocenters. The summed E-state index contributed by atoms with van der Waals surface area (Å²) in [4.78, 5) is 0. The van der Waals surface area contributed by atoms with Crippen LogP contribution in [0.15, 0.2) is 41.6 Å². The number of nitrogens with two attached hydrogens (primary N) is 1. The molecule has 1 aromatic carbocycles. The minimum absolute atomic E-state index is 0.121. The molecule has 20 heavy (non-hydrogen) atoms. The van der Waals surface area contributed by atoms with Crippen molar-refractivity contribution in [1.29, 1.82) is 0 Å². The third-order valence-corrected chi connectivity index (χ3v) is 5.47. The highest BCUT2D eigenvalue weighted by atomic mass is 32.2. The van der Waals surface area contributed by atoms with Crippen molar-refractivity contribution in [3.05, 3.63) is 42.1 Å². The first kappa shape index (κ1) is 13.1. The van der Waals surface area contributed by atoms with Gasteiger partial charge in [0.1, 0.15) is 0 Å². The van der Waals surface area contributed by atoms with Crippen molar-refractivity contribution < 1.29 is 8.42 Å². The lowest BCUT2D eigenvalue weighted by Gasteiger charge is -2.33. The average Bonchev–Trinajstić information content (AvgIpc) is 2.86. The SMILES string of the molecule is Cn1nccc1S(=O)(=O)N1CCC(N)c2ccccc21. The molecule has 1 aromatic heterocycles. The number of hydrogen-bond acceptors (Lipinski definition) is 4. The number of nitrogens with zero attached hydrogens (tertiary/aromatic N) is 3. The van der Waals surface area contributed by atoms with Crippen molar-refractivity contribution in [3.63, 3.8) is 0 Å². The van der Waals surface area contributed by atoms with E-state index in [0.29, 0.717) is 18.7 Å². The number of anilines is 1. The van der Waals surface area contributed by atoms with Crippen LogP contribution in [0.25, 0.3) is 0 Å². The molecule has 7 heteroatoms. The molecule has 0 amide bonds. The molecule has 0 aliphatic carbocycles. The lowest BCUT2D eigenvalue weighted by Crippen LogP contribution is -2.39.